The van der Waals surface area contributed by atoms with Crippen molar-refractivity contribution in [1.82, 2.24) is 4.90 Å². The van der Waals surface area contributed by atoms with E-state index >= 15 is 0 Å². The Hall–Kier alpha value is -1.51. The van der Waals surface area contributed by atoms with E-state index in [2.05, 4.69) is 43.0 Å². The number of carbonyl (C=O) groups is 1. The molecule has 0 aliphatic carbocycles. The lowest BCUT2D eigenvalue weighted by Gasteiger charge is -2.36. The molecule has 3 nitrogen and oxygen atoms in total. The number of piperazine rings is 1. The van der Waals surface area contributed by atoms with Crippen molar-refractivity contribution in [3.63, 3.8) is 0 Å². The van der Waals surface area contributed by atoms with Crippen LogP contribution in [0.1, 0.15) is 25.3 Å². The lowest BCUT2D eigenvalue weighted by Crippen LogP contribution is -2.48. The Kier molecular flexibility index (Phi) is 4.24. The molecule has 1 aromatic carbocycles. The molecule has 0 aromatic heterocycles. The summed E-state index contributed by atoms with van der Waals surface area (Å²) in [5.74, 6) is 0.307. The summed E-state index contributed by atoms with van der Waals surface area (Å²) in [5.41, 5.74) is 2.62. The lowest BCUT2D eigenvalue weighted by atomic mass is 10.1. The summed E-state index contributed by atoms with van der Waals surface area (Å²) in [6.45, 7) is 7.80. The number of anilines is 1. The number of rotatable bonds is 3. The predicted molar refractivity (Wildman–Crippen MR) is 74.9 cm³/mol. The first-order chi connectivity index (χ1) is 8.72. The Labute approximate surface area is 109 Å². The van der Waals surface area contributed by atoms with Crippen LogP contribution in [-0.2, 0) is 4.79 Å². The van der Waals surface area contributed by atoms with Crippen LogP contribution in [0, 0.1) is 6.92 Å². The van der Waals surface area contributed by atoms with Crippen molar-refractivity contribution in [2.45, 2.75) is 26.7 Å². The van der Waals surface area contributed by atoms with Gasteiger partial charge in [0.2, 0.25) is 5.91 Å². The van der Waals surface area contributed by atoms with Gasteiger partial charge in [0.1, 0.15) is 0 Å². The van der Waals surface area contributed by atoms with Crippen molar-refractivity contribution in [3.8, 4) is 0 Å². The van der Waals surface area contributed by atoms with Crippen LogP contribution < -0.4 is 4.90 Å². The molecule has 0 bridgehead atoms. The third kappa shape index (κ3) is 2.84. The van der Waals surface area contributed by atoms with Crippen LogP contribution in [-0.4, -0.2) is 37.0 Å². The number of para-hydroxylation sites is 1. The molecular weight excluding hydrogens is 224 g/mol. The van der Waals surface area contributed by atoms with E-state index < -0.39 is 0 Å². The standard InChI is InChI=1S/C15H22N2O/c1-3-6-15(18)17-11-9-16(10-12-17)14-8-5-4-7-13(14)2/h4-5,7-8H,3,6,9-12H2,1-2H3. The number of aryl methyl sites for hydroxylation is 1. The summed E-state index contributed by atoms with van der Waals surface area (Å²) in [5, 5.41) is 0. The van der Waals surface area contributed by atoms with Crippen molar-refractivity contribution in [3.05, 3.63) is 29.8 Å². The van der Waals surface area contributed by atoms with Crippen LogP contribution in [0.3, 0.4) is 0 Å². The summed E-state index contributed by atoms with van der Waals surface area (Å²) in [6.07, 6.45) is 1.63. The molecule has 1 aliphatic rings. The van der Waals surface area contributed by atoms with E-state index in [1.54, 1.807) is 0 Å². The van der Waals surface area contributed by atoms with Crippen molar-refractivity contribution < 1.29 is 4.79 Å². The fourth-order valence-corrected chi connectivity index (χ4v) is 2.49. The predicted octanol–water partition coefficient (Wildman–Crippen LogP) is 2.44. The van der Waals surface area contributed by atoms with Gasteiger partial charge >= 0.3 is 0 Å². The monoisotopic (exact) mass is 246 g/mol. The number of carbonyl (C=O) groups excluding carboxylic acids is 1. The second kappa shape index (κ2) is 5.89. The highest BCUT2D eigenvalue weighted by Crippen LogP contribution is 2.20. The van der Waals surface area contributed by atoms with E-state index in [1.807, 2.05) is 4.90 Å². The topological polar surface area (TPSA) is 23.6 Å². The van der Waals surface area contributed by atoms with Crippen LogP contribution in [0.15, 0.2) is 24.3 Å². The number of nitrogens with zero attached hydrogens (tertiary/aromatic N) is 2. The zero-order chi connectivity index (χ0) is 13.0. The van der Waals surface area contributed by atoms with Gasteiger partial charge in [-0.1, -0.05) is 25.1 Å². The van der Waals surface area contributed by atoms with Gasteiger partial charge in [-0.2, -0.15) is 0 Å². The van der Waals surface area contributed by atoms with Gasteiger partial charge in [-0.05, 0) is 25.0 Å². The smallest absolute Gasteiger partial charge is 0.222 e. The second-order valence-electron chi connectivity index (χ2n) is 4.90. The van der Waals surface area contributed by atoms with Crippen LogP contribution in [0.5, 0.6) is 0 Å². The fraction of sp³-hybridized carbons (Fsp3) is 0.533. The van der Waals surface area contributed by atoms with Crippen molar-refractivity contribution >= 4 is 11.6 Å². The molecular formula is C15H22N2O. The normalized spacial score (nSPS) is 15.9. The minimum absolute atomic E-state index is 0.307. The van der Waals surface area contributed by atoms with Crippen LogP contribution in [0.25, 0.3) is 0 Å². The summed E-state index contributed by atoms with van der Waals surface area (Å²) < 4.78 is 0. The van der Waals surface area contributed by atoms with Crippen molar-refractivity contribution in [2.24, 2.45) is 0 Å². The molecule has 1 fully saturated rings. The minimum Gasteiger partial charge on any atom is -0.368 e. The molecule has 98 valence electrons. The molecule has 1 aromatic rings. The molecule has 0 saturated carbocycles. The molecule has 0 atom stereocenters. The Morgan fingerprint density at radius 1 is 1.17 bits per heavy atom. The van der Waals surface area contributed by atoms with E-state index in [1.165, 1.54) is 11.3 Å². The van der Waals surface area contributed by atoms with Crippen molar-refractivity contribution in [1.29, 1.82) is 0 Å². The second-order valence-corrected chi connectivity index (χ2v) is 4.90. The zero-order valence-electron chi connectivity index (χ0n) is 11.4. The highest BCUT2D eigenvalue weighted by Gasteiger charge is 2.20. The Morgan fingerprint density at radius 2 is 1.83 bits per heavy atom. The van der Waals surface area contributed by atoms with E-state index in [-0.39, 0.29) is 0 Å². The van der Waals surface area contributed by atoms with Gasteiger partial charge in [0.05, 0.1) is 0 Å². The van der Waals surface area contributed by atoms with Gasteiger partial charge in [-0.15, -0.1) is 0 Å². The van der Waals surface area contributed by atoms with E-state index in [9.17, 15) is 4.79 Å². The van der Waals surface area contributed by atoms with Crippen molar-refractivity contribution in [2.75, 3.05) is 31.1 Å². The quantitative estimate of drug-likeness (QED) is 0.818. The van der Waals surface area contributed by atoms with Gasteiger partial charge in [-0.25, -0.2) is 0 Å². The van der Waals surface area contributed by atoms with E-state index in [0.29, 0.717) is 12.3 Å². The first-order valence-electron chi connectivity index (χ1n) is 6.80. The summed E-state index contributed by atoms with van der Waals surface area (Å²) >= 11 is 0. The van der Waals surface area contributed by atoms with Gasteiger partial charge in [-0.3, -0.25) is 4.79 Å². The highest BCUT2D eigenvalue weighted by molar-refractivity contribution is 5.76. The molecule has 1 amide bonds. The van der Waals surface area contributed by atoms with Crippen LogP contribution >= 0.6 is 0 Å². The number of hydrogen-bond donors (Lipinski definition) is 0. The Bertz CT molecular complexity index is 409. The highest BCUT2D eigenvalue weighted by atomic mass is 16.2. The summed E-state index contributed by atoms with van der Waals surface area (Å²) in [4.78, 5) is 16.2. The van der Waals surface area contributed by atoms with Gasteiger partial charge < -0.3 is 9.80 Å². The maximum absolute atomic E-state index is 11.8. The molecule has 3 heteroatoms. The van der Waals surface area contributed by atoms with Crippen LogP contribution in [0.2, 0.25) is 0 Å². The largest absolute Gasteiger partial charge is 0.368 e. The third-order valence-corrected chi connectivity index (χ3v) is 3.55. The van der Waals surface area contributed by atoms with Gasteiger partial charge in [0.15, 0.2) is 0 Å². The maximum Gasteiger partial charge on any atom is 0.222 e. The molecule has 0 N–H and O–H groups in total. The molecule has 2 rings (SSSR count). The minimum atomic E-state index is 0.307. The van der Waals surface area contributed by atoms with Gasteiger partial charge in [0.25, 0.3) is 0 Å². The lowest BCUT2D eigenvalue weighted by molar-refractivity contribution is -0.131. The Balaban J connectivity index is 1.95. The average molecular weight is 246 g/mol. The number of benzene rings is 1. The summed E-state index contributed by atoms with van der Waals surface area (Å²) in [6, 6.07) is 8.46. The maximum atomic E-state index is 11.8. The van der Waals surface area contributed by atoms with E-state index in [4.69, 9.17) is 0 Å². The zero-order valence-corrected chi connectivity index (χ0v) is 11.4. The first-order valence-corrected chi connectivity index (χ1v) is 6.80. The number of amides is 1. The molecule has 0 unspecified atom stereocenters. The molecule has 1 aliphatic heterocycles. The summed E-state index contributed by atoms with van der Waals surface area (Å²) in [7, 11) is 0. The third-order valence-electron chi connectivity index (χ3n) is 3.55. The molecule has 18 heavy (non-hydrogen) atoms. The fourth-order valence-electron chi connectivity index (χ4n) is 2.49. The SMILES string of the molecule is CCCC(=O)N1CCN(c2ccccc2C)CC1. The first kappa shape index (κ1) is 12.9. The van der Waals surface area contributed by atoms with Crippen LogP contribution in [0.4, 0.5) is 5.69 Å². The average Bonchev–Trinajstić information content (AvgIpc) is 2.40. The number of hydrogen-bond acceptors (Lipinski definition) is 2. The van der Waals surface area contributed by atoms with Gasteiger partial charge in [0, 0.05) is 38.3 Å². The van der Waals surface area contributed by atoms with E-state index in [0.717, 1.165) is 32.6 Å². The molecule has 0 radical (unpaired) electrons. The Morgan fingerprint density at radius 3 is 2.44 bits per heavy atom. The molecule has 1 heterocycles. The molecule has 0 spiro atoms. The molecule has 1 saturated heterocycles.